The summed E-state index contributed by atoms with van der Waals surface area (Å²) in [5.74, 6) is -0.651. The molecule has 0 rings (SSSR count). The molecule has 0 spiro atoms. The monoisotopic (exact) mass is 401 g/mol. The van der Waals surface area contributed by atoms with Gasteiger partial charge in [0.25, 0.3) is 0 Å². The summed E-state index contributed by atoms with van der Waals surface area (Å²) in [5.41, 5.74) is 0. The molecule has 2 N–H and O–H groups in total. The molecule has 3 atom stereocenters. The molecule has 0 aliphatic heterocycles. The largest absolute Gasteiger partial charge is 0.355 e. The third-order valence-electron chi connectivity index (χ3n) is 3.18. The quantitative estimate of drug-likeness (QED) is 0.408. The van der Waals surface area contributed by atoms with E-state index in [4.69, 9.17) is 34.8 Å². The van der Waals surface area contributed by atoms with Crippen LogP contribution < -0.4 is 10.6 Å². The van der Waals surface area contributed by atoms with E-state index >= 15 is 0 Å². The van der Waals surface area contributed by atoms with E-state index < -0.39 is 16.1 Å². The van der Waals surface area contributed by atoms with Crippen LogP contribution in [0, 0.1) is 0 Å². The van der Waals surface area contributed by atoms with Gasteiger partial charge in [-0.3, -0.25) is 14.4 Å². The van der Waals surface area contributed by atoms with Crippen molar-refractivity contribution in [2.45, 2.75) is 49.7 Å². The Bertz CT molecular complexity index is 390. The van der Waals surface area contributed by atoms with E-state index in [2.05, 4.69) is 10.6 Å². The Morgan fingerprint density at radius 1 is 0.792 bits per heavy atom. The summed E-state index contributed by atoms with van der Waals surface area (Å²) in [6.07, 6.45) is 1.19. The zero-order chi connectivity index (χ0) is 18.7. The Morgan fingerprint density at radius 3 is 1.46 bits per heavy atom. The molecule has 0 aliphatic rings. The predicted molar refractivity (Wildman–Crippen MR) is 97.8 cm³/mol. The van der Waals surface area contributed by atoms with Gasteiger partial charge in [-0.15, -0.1) is 34.8 Å². The highest BCUT2D eigenvalue weighted by atomic mass is 35.5. The summed E-state index contributed by atoms with van der Waals surface area (Å²) in [7, 11) is 0. The zero-order valence-electron chi connectivity index (χ0n) is 14.3. The first-order chi connectivity index (χ1) is 11.2. The van der Waals surface area contributed by atoms with Gasteiger partial charge in [-0.2, -0.15) is 0 Å². The van der Waals surface area contributed by atoms with Gasteiger partial charge in [-0.05, 0) is 33.6 Å². The van der Waals surface area contributed by atoms with E-state index in [1.54, 1.807) is 25.7 Å². The maximum absolute atomic E-state index is 12.1. The smallest absolute Gasteiger partial charge is 0.240 e. The topological polar surface area (TPSA) is 78.5 Å². The van der Waals surface area contributed by atoms with Gasteiger partial charge in [0.15, 0.2) is 0 Å². The summed E-state index contributed by atoms with van der Waals surface area (Å²) >= 11 is 17.2. The number of amides is 3. The number of hydrogen-bond donors (Lipinski definition) is 2. The Hall–Kier alpha value is -0.720. The van der Waals surface area contributed by atoms with E-state index in [1.165, 1.54) is 0 Å². The second-order valence-electron chi connectivity index (χ2n) is 5.46. The first-order valence-corrected chi connectivity index (χ1v) is 9.24. The predicted octanol–water partition coefficient (Wildman–Crippen LogP) is 1.71. The van der Waals surface area contributed by atoms with Crippen molar-refractivity contribution in [2.75, 3.05) is 26.2 Å². The van der Waals surface area contributed by atoms with Crippen LogP contribution in [0.25, 0.3) is 0 Å². The number of alkyl halides is 3. The minimum atomic E-state index is -0.625. The van der Waals surface area contributed by atoms with Gasteiger partial charge < -0.3 is 15.5 Å². The summed E-state index contributed by atoms with van der Waals surface area (Å²) < 4.78 is 0. The molecule has 6 nitrogen and oxygen atoms in total. The van der Waals surface area contributed by atoms with Crippen LogP contribution in [0.3, 0.4) is 0 Å². The number of carbonyl (C=O) groups is 3. The van der Waals surface area contributed by atoms with Crippen LogP contribution in [0.15, 0.2) is 0 Å². The summed E-state index contributed by atoms with van der Waals surface area (Å²) in [6, 6.07) is 0. The van der Waals surface area contributed by atoms with Gasteiger partial charge in [0.2, 0.25) is 17.7 Å². The highest BCUT2D eigenvalue weighted by molar-refractivity contribution is 6.31. The molecule has 0 heterocycles. The molecule has 0 aromatic rings. The molecule has 3 unspecified atom stereocenters. The normalized spacial score (nSPS) is 14.4. The molecule has 24 heavy (non-hydrogen) atoms. The first kappa shape index (κ1) is 23.3. The third-order valence-corrected chi connectivity index (χ3v) is 3.77. The lowest BCUT2D eigenvalue weighted by Gasteiger charge is -2.24. The van der Waals surface area contributed by atoms with Crippen molar-refractivity contribution < 1.29 is 14.4 Å². The third kappa shape index (κ3) is 10.2. The van der Waals surface area contributed by atoms with Crippen LogP contribution in [0.2, 0.25) is 0 Å². The first-order valence-electron chi connectivity index (χ1n) is 7.93. The minimum Gasteiger partial charge on any atom is -0.355 e. The molecule has 0 aromatic heterocycles. The highest BCUT2D eigenvalue weighted by Crippen LogP contribution is 2.04. The lowest BCUT2D eigenvalue weighted by atomic mass is 10.2. The second-order valence-corrected chi connectivity index (χ2v) is 7.43. The van der Waals surface area contributed by atoms with Gasteiger partial charge in [0.1, 0.15) is 16.1 Å². The van der Waals surface area contributed by atoms with E-state index in [9.17, 15) is 14.4 Å². The summed E-state index contributed by atoms with van der Waals surface area (Å²) in [4.78, 5) is 36.4. The van der Waals surface area contributed by atoms with Crippen LogP contribution in [0.5, 0.6) is 0 Å². The average Bonchev–Trinajstić information content (AvgIpc) is 2.51. The van der Waals surface area contributed by atoms with Crippen LogP contribution in [-0.4, -0.2) is 64.9 Å². The molecule has 0 saturated carbocycles. The Balaban J connectivity index is 4.23. The molecular formula is C15H26Cl3N3O3. The maximum Gasteiger partial charge on any atom is 0.240 e. The van der Waals surface area contributed by atoms with E-state index in [0.717, 1.165) is 0 Å². The number of rotatable bonds is 11. The van der Waals surface area contributed by atoms with Crippen molar-refractivity contribution in [2.24, 2.45) is 0 Å². The molecule has 0 saturated heterocycles. The van der Waals surface area contributed by atoms with Crippen molar-refractivity contribution in [3.8, 4) is 0 Å². The molecule has 9 heteroatoms. The lowest BCUT2D eigenvalue weighted by Crippen LogP contribution is -2.40. The van der Waals surface area contributed by atoms with Crippen molar-refractivity contribution in [3.63, 3.8) is 0 Å². The number of halogens is 3. The van der Waals surface area contributed by atoms with Gasteiger partial charge in [0.05, 0.1) is 0 Å². The van der Waals surface area contributed by atoms with Gasteiger partial charge in [-0.25, -0.2) is 0 Å². The highest BCUT2D eigenvalue weighted by Gasteiger charge is 2.18. The van der Waals surface area contributed by atoms with Crippen LogP contribution in [0.4, 0.5) is 0 Å². The van der Waals surface area contributed by atoms with Crippen LogP contribution in [0.1, 0.15) is 33.6 Å². The number of carbonyl (C=O) groups excluding carboxylic acids is 3. The zero-order valence-corrected chi connectivity index (χ0v) is 16.5. The average molecular weight is 403 g/mol. The Kier molecular flexibility index (Phi) is 12.2. The molecule has 0 radical (unpaired) electrons. The molecule has 0 aliphatic carbocycles. The fourth-order valence-electron chi connectivity index (χ4n) is 1.83. The maximum atomic E-state index is 12.1. The van der Waals surface area contributed by atoms with Crippen molar-refractivity contribution in [1.82, 2.24) is 15.5 Å². The van der Waals surface area contributed by atoms with E-state index in [-0.39, 0.29) is 17.7 Å². The number of hydrogen-bond acceptors (Lipinski definition) is 3. The number of nitrogens with one attached hydrogen (secondary N) is 2. The van der Waals surface area contributed by atoms with Gasteiger partial charge >= 0.3 is 0 Å². The van der Waals surface area contributed by atoms with Crippen LogP contribution >= 0.6 is 34.8 Å². The minimum absolute atomic E-state index is 0.175. The number of nitrogens with zero attached hydrogens (tertiary/aromatic N) is 1. The van der Waals surface area contributed by atoms with Gasteiger partial charge in [-0.1, -0.05) is 0 Å². The lowest BCUT2D eigenvalue weighted by molar-refractivity contribution is -0.130. The summed E-state index contributed by atoms with van der Waals surface area (Å²) in [5, 5.41) is 3.58. The Labute approximate surface area is 158 Å². The molecule has 0 bridgehead atoms. The molecule has 3 amide bonds. The van der Waals surface area contributed by atoms with Crippen molar-refractivity contribution in [1.29, 1.82) is 0 Å². The van der Waals surface area contributed by atoms with Gasteiger partial charge in [0, 0.05) is 26.2 Å². The van der Waals surface area contributed by atoms with Crippen molar-refractivity contribution in [3.05, 3.63) is 0 Å². The molecule has 0 fully saturated rings. The fraction of sp³-hybridized carbons (Fsp3) is 0.800. The van der Waals surface area contributed by atoms with Crippen molar-refractivity contribution >= 4 is 52.5 Å². The van der Waals surface area contributed by atoms with E-state index in [0.29, 0.717) is 39.0 Å². The van der Waals surface area contributed by atoms with E-state index in [1.807, 2.05) is 0 Å². The molecule has 140 valence electrons. The molecular weight excluding hydrogens is 377 g/mol. The summed E-state index contributed by atoms with van der Waals surface area (Å²) in [6.45, 7) is 6.59. The standard InChI is InChI=1S/C15H26Cl3N3O3/c1-10(16)13(22)19-6-4-8-21(15(24)12(3)18)9-5-7-20-14(23)11(2)17/h10-12H,4-9H2,1-3H3,(H,19,22)(H,20,23). The van der Waals surface area contributed by atoms with Crippen LogP contribution in [-0.2, 0) is 14.4 Å². The SMILES string of the molecule is CC(Cl)C(=O)NCCCN(CCCNC(=O)C(C)Cl)C(=O)C(C)Cl. The Morgan fingerprint density at radius 2 is 1.17 bits per heavy atom. The second kappa shape index (κ2) is 12.6. The fourth-order valence-corrected chi connectivity index (χ4v) is 2.12. The molecule has 0 aromatic carbocycles.